The molecule has 3 N–H and O–H groups in total. The van der Waals surface area contributed by atoms with E-state index in [1.165, 1.54) is 12.1 Å². The minimum absolute atomic E-state index is 0. The van der Waals surface area contributed by atoms with Gasteiger partial charge in [-0.15, -0.1) is 12.4 Å². The van der Waals surface area contributed by atoms with E-state index in [9.17, 15) is 16.8 Å². The van der Waals surface area contributed by atoms with Crippen molar-refractivity contribution in [2.45, 2.75) is 11.3 Å². The molecule has 0 aromatic heterocycles. The van der Waals surface area contributed by atoms with Gasteiger partial charge in [-0.3, -0.25) is 9.44 Å². The van der Waals surface area contributed by atoms with Crippen LogP contribution in [0.2, 0.25) is 0 Å². The minimum atomic E-state index is -3.86. The van der Waals surface area contributed by atoms with Crippen LogP contribution in [0.15, 0.2) is 53.4 Å². The topological polar surface area (TPSA) is 108 Å². The molecular weight excluding hydrogens is 436 g/mol. The minimum Gasteiger partial charge on any atom is -0.369 e. The number of sulfonamides is 2. The van der Waals surface area contributed by atoms with Crippen molar-refractivity contribution in [3.8, 4) is 0 Å². The van der Waals surface area contributed by atoms with E-state index >= 15 is 0 Å². The number of nitrogens with zero attached hydrogens (tertiary/aromatic N) is 1. The normalized spacial score (nSPS) is 15.1. The second kappa shape index (κ2) is 9.66. The lowest BCUT2D eigenvalue weighted by molar-refractivity contribution is 0.600. The molecule has 1 aliphatic rings. The molecule has 8 nitrogen and oxygen atoms in total. The van der Waals surface area contributed by atoms with Gasteiger partial charge in [0.15, 0.2) is 0 Å². The molecule has 1 aliphatic heterocycles. The van der Waals surface area contributed by atoms with Crippen molar-refractivity contribution >= 4 is 49.5 Å². The van der Waals surface area contributed by atoms with Gasteiger partial charge in [-0.2, -0.15) is 0 Å². The lowest BCUT2D eigenvalue weighted by Gasteiger charge is -2.25. The first-order valence-electron chi connectivity index (χ1n) is 8.90. The Balaban J connectivity index is 0.00000300. The zero-order valence-electron chi connectivity index (χ0n) is 16.0. The molecule has 160 valence electrons. The highest BCUT2D eigenvalue weighted by Gasteiger charge is 2.21. The molecule has 1 saturated heterocycles. The quantitative estimate of drug-likeness (QED) is 0.609. The summed E-state index contributed by atoms with van der Waals surface area (Å²) in [6.07, 6.45) is 1.96. The molecular formula is C18H25ClN4O4S2. The number of rotatable bonds is 6. The smallest absolute Gasteiger partial charge is 0.261 e. The number of para-hydroxylation sites is 1. The van der Waals surface area contributed by atoms with E-state index in [4.69, 9.17) is 0 Å². The van der Waals surface area contributed by atoms with Gasteiger partial charge >= 0.3 is 0 Å². The average molecular weight is 461 g/mol. The summed E-state index contributed by atoms with van der Waals surface area (Å²) in [6, 6.07) is 13.0. The fraction of sp³-hybridized carbons (Fsp3) is 0.333. The molecule has 0 amide bonds. The maximum absolute atomic E-state index is 12.8. The standard InChI is InChI=1S/C18H24N4O4S2.ClH/c1-27(23,24)21-17-14-16(28(25,26)20-15-6-3-2-4-7-15)8-9-18(17)22-12-5-10-19-11-13-22;/h2-4,6-9,14,19-21H,5,10-13H2,1H3;1H. The van der Waals surface area contributed by atoms with E-state index in [0.29, 0.717) is 17.9 Å². The highest BCUT2D eigenvalue weighted by molar-refractivity contribution is 7.93. The first-order valence-corrected chi connectivity index (χ1v) is 12.3. The van der Waals surface area contributed by atoms with Gasteiger partial charge in [0.05, 0.1) is 22.5 Å². The van der Waals surface area contributed by atoms with Crippen molar-refractivity contribution in [3.63, 3.8) is 0 Å². The summed E-state index contributed by atoms with van der Waals surface area (Å²) in [5.41, 5.74) is 1.34. The Labute approximate surface area is 178 Å². The fourth-order valence-electron chi connectivity index (χ4n) is 3.05. The van der Waals surface area contributed by atoms with Crippen LogP contribution in [-0.4, -0.2) is 49.3 Å². The summed E-state index contributed by atoms with van der Waals surface area (Å²) in [4.78, 5) is 2.04. The molecule has 1 heterocycles. The highest BCUT2D eigenvalue weighted by Crippen LogP contribution is 2.31. The van der Waals surface area contributed by atoms with Gasteiger partial charge in [0.2, 0.25) is 10.0 Å². The summed E-state index contributed by atoms with van der Waals surface area (Å²) in [5.74, 6) is 0. The summed E-state index contributed by atoms with van der Waals surface area (Å²) in [7, 11) is -7.44. The predicted molar refractivity (Wildman–Crippen MR) is 119 cm³/mol. The molecule has 3 rings (SSSR count). The zero-order chi connectivity index (χ0) is 20.2. The van der Waals surface area contributed by atoms with Crippen LogP contribution in [0.5, 0.6) is 0 Å². The van der Waals surface area contributed by atoms with Crippen LogP contribution in [0.4, 0.5) is 17.1 Å². The van der Waals surface area contributed by atoms with Gasteiger partial charge in [0, 0.05) is 25.3 Å². The third-order valence-corrected chi connectivity index (χ3v) is 6.25. The van der Waals surface area contributed by atoms with E-state index in [-0.39, 0.29) is 23.0 Å². The van der Waals surface area contributed by atoms with Crippen molar-refractivity contribution in [1.82, 2.24) is 5.32 Å². The molecule has 29 heavy (non-hydrogen) atoms. The predicted octanol–water partition coefficient (Wildman–Crippen LogP) is 2.08. The van der Waals surface area contributed by atoms with Crippen molar-refractivity contribution in [2.75, 3.05) is 46.8 Å². The maximum Gasteiger partial charge on any atom is 0.261 e. The molecule has 0 unspecified atom stereocenters. The summed E-state index contributed by atoms with van der Waals surface area (Å²) in [6.45, 7) is 3.11. The summed E-state index contributed by atoms with van der Waals surface area (Å²) >= 11 is 0. The van der Waals surface area contributed by atoms with Crippen LogP contribution < -0.4 is 19.7 Å². The SMILES string of the molecule is CS(=O)(=O)Nc1cc(S(=O)(=O)Nc2ccccc2)ccc1N1CCCNCC1.Cl. The van der Waals surface area contributed by atoms with Gasteiger partial charge in [0.25, 0.3) is 10.0 Å². The van der Waals surface area contributed by atoms with E-state index < -0.39 is 20.0 Å². The molecule has 2 aromatic rings. The molecule has 0 bridgehead atoms. The van der Waals surface area contributed by atoms with Crippen molar-refractivity contribution in [3.05, 3.63) is 48.5 Å². The second-order valence-corrected chi connectivity index (χ2v) is 10.0. The van der Waals surface area contributed by atoms with Gasteiger partial charge in [0.1, 0.15) is 0 Å². The van der Waals surface area contributed by atoms with E-state index in [0.717, 1.165) is 32.3 Å². The van der Waals surface area contributed by atoms with Gasteiger partial charge in [-0.1, -0.05) is 18.2 Å². The van der Waals surface area contributed by atoms with Crippen molar-refractivity contribution in [2.24, 2.45) is 0 Å². The largest absolute Gasteiger partial charge is 0.369 e. The number of anilines is 3. The summed E-state index contributed by atoms with van der Waals surface area (Å²) < 4.78 is 54.2. The molecule has 11 heteroatoms. The Kier molecular flexibility index (Phi) is 7.75. The van der Waals surface area contributed by atoms with Gasteiger partial charge in [-0.05, 0) is 43.3 Å². The van der Waals surface area contributed by atoms with Gasteiger partial charge < -0.3 is 10.2 Å². The Hall–Kier alpha value is -2.01. The first kappa shape index (κ1) is 23.3. The molecule has 0 radical (unpaired) electrons. The third kappa shape index (κ3) is 6.49. The monoisotopic (exact) mass is 460 g/mol. The fourth-order valence-corrected chi connectivity index (χ4v) is 4.69. The molecule has 0 saturated carbocycles. The molecule has 0 atom stereocenters. The highest BCUT2D eigenvalue weighted by atomic mass is 35.5. The first-order chi connectivity index (χ1) is 13.2. The van der Waals surface area contributed by atoms with Crippen LogP contribution >= 0.6 is 12.4 Å². The Morgan fingerprint density at radius 1 is 0.931 bits per heavy atom. The Morgan fingerprint density at radius 2 is 1.66 bits per heavy atom. The van der Waals surface area contributed by atoms with E-state index in [1.807, 2.05) is 0 Å². The lowest BCUT2D eigenvalue weighted by Crippen LogP contribution is -2.29. The maximum atomic E-state index is 12.8. The molecule has 0 spiro atoms. The van der Waals surface area contributed by atoms with E-state index in [1.54, 1.807) is 36.4 Å². The Bertz CT molecular complexity index is 1020. The van der Waals surface area contributed by atoms with Crippen LogP contribution in [0.25, 0.3) is 0 Å². The van der Waals surface area contributed by atoms with Gasteiger partial charge in [-0.25, -0.2) is 16.8 Å². The Morgan fingerprint density at radius 3 is 2.34 bits per heavy atom. The molecule has 0 aliphatic carbocycles. The average Bonchev–Trinajstić information content (AvgIpc) is 2.90. The third-order valence-electron chi connectivity index (χ3n) is 4.28. The van der Waals surface area contributed by atoms with Crippen LogP contribution in [-0.2, 0) is 20.0 Å². The van der Waals surface area contributed by atoms with Crippen molar-refractivity contribution in [1.29, 1.82) is 0 Å². The van der Waals surface area contributed by atoms with Crippen molar-refractivity contribution < 1.29 is 16.8 Å². The van der Waals surface area contributed by atoms with Crippen LogP contribution in [0, 0.1) is 0 Å². The number of hydrogen-bond donors (Lipinski definition) is 3. The van der Waals surface area contributed by atoms with E-state index in [2.05, 4.69) is 19.7 Å². The number of nitrogens with one attached hydrogen (secondary N) is 3. The number of benzene rings is 2. The zero-order valence-corrected chi connectivity index (χ0v) is 18.4. The van der Waals surface area contributed by atoms with Crippen LogP contribution in [0.3, 0.4) is 0 Å². The second-order valence-electron chi connectivity index (χ2n) is 6.62. The molecule has 1 fully saturated rings. The number of halogens is 1. The molecule has 2 aromatic carbocycles. The number of hydrogen-bond acceptors (Lipinski definition) is 6. The van der Waals surface area contributed by atoms with Crippen LogP contribution in [0.1, 0.15) is 6.42 Å². The summed E-state index contributed by atoms with van der Waals surface area (Å²) in [5, 5.41) is 3.29. The lowest BCUT2D eigenvalue weighted by atomic mass is 10.2.